The summed E-state index contributed by atoms with van der Waals surface area (Å²) in [4.78, 5) is 10.5. The van der Waals surface area contributed by atoms with E-state index in [4.69, 9.17) is 15.3 Å². The summed E-state index contributed by atoms with van der Waals surface area (Å²) in [5, 5.41) is 36.2. The Bertz CT molecular complexity index is 498. The summed E-state index contributed by atoms with van der Waals surface area (Å²) in [6.45, 7) is 2.15. The average molecular weight is 350 g/mol. The van der Waals surface area contributed by atoms with Crippen LogP contribution in [0.3, 0.4) is 0 Å². The molecule has 0 aromatic rings. The molecule has 0 bridgehead atoms. The van der Waals surface area contributed by atoms with E-state index in [-0.39, 0.29) is 6.42 Å². The fourth-order valence-corrected chi connectivity index (χ4v) is 1.78. The number of unbranched alkanes of at least 4 members (excludes halogenated alkanes) is 2. The summed E-state index contributed by atoms with van der Waals surface area (Å²) >= 11 is 0. The van der Waals surface area contributed by atoms with Gasteiger partial charge in [0.15, 0.2) is 0 Å². The van der Waals surface area contributed by atoms with Crippen molar-refractivity contribution in [2.24, 2.45) is 0 Å². The molecule has 0 rings (SSSR count). The third-order valence-electron chi connectivity index (χ3n) is 3.33. The highest BCUT2D eigenvalue weighted by Crippen LogP contribution is 2.12. The molecular weight excluding hydrogens is 320 g/mol. The molecule has 5 nitrogen and oxygen atoms in total. The van der Waals surface area contributed by atoms with Crippen molar-refractivity contribution >= 4 is 5.97 Å². The van der Waals surface area contributed by atoms with E-state index in [0.29, 0.717) is 6.42 Å². The minimum absolute atomic E-state index is 0.0570. The van der Waals surface area contributed by atoms with Gasteiger partial charge in [-0.15, -0.1) is 0 Å². The first-order valence-corrected chi connectivity index (χ1v) is 8.59. The van der Waals surface area contributed by atoms with E-state index in [9.17, 15) is 9.90 Å². The molecule has 0 fully saturated rings. The van der Waals surface area contributed by atoms with Gasteiger partial charge in [-0.05, 0) is 32.1 Å². The maximum absolute atomic E-state index is 10.5. The van der Waals surface area contributed by atoms with Crippen LogP contribution in [-0.4, -0.2) is 38.3 Å². The van der Waals surface area contributed by atoms with Gasteiger partial charge < -0.3 is 20.4 Å². The van der Waals surface area contributed by atoms with Gasteiger partial charge >= 0.3 is 5.97 Å². The number of rotatable bonds is 13. The van der Waals surface area contributed by atoms with Crippen molar-refractivity contribution in [3.05, 3.63) is 60.8 Å². The molecule has 1 unspecified atom stereocenters. The smallest absolute Gasteiger partial charge is 0.366 e. The summed E-state index contributed by atoms with van der Waals surface area (Å²) in [7, 11) is 0. The van der Waals surface area contributed by atoms with Crippen LogP contribution in [0, 0.1) is 0 Å². The van der Waals surface area contributed by atoms with Gasteiger partial charge in [-0.2, -0.15) is 0 Å². The minimum atomic E-state index is -3.10. The van der Waals surface area contributed by atoms with Crippen LogP contribution in [0.2, 0.25) is 0 Å². The zero-order valence-electron chi connectivity index (χ0n) is 14.8. The molecule has 4 N–H and O–H groups in total. The maximum Gasteiger partial charge on any atom is 0.366 e. The van der Waals surface area contributed by atoms with E-state index in [2.05, 4.69) is 37.3 Å². The van der Waals surface area contributed by atoms with Crippen molar-refractivity contribution in [3.8, 4) is 0 Å². The van der Waals surface area contributed by atoms with Crippen molar-refractivity contribution in [2.45, 2.75) is 57.3 Å². The van der Waals surface area contributed by atoms with Crippen molar-refractivity contribution in [1.29, 1.82) is 0 Å². The van der Waals surface area contributed by atoms with Gasteiger partial charge in [-0.3, -0.25) is 0 Å². The second kappa shape index (κ2) is 14.4. The average Bonchev–Trinajstić information content (AvgIpc) is 2.57. The molecule has 0 amide bonds. The lowest BCUT2D eigenvalue weighted by Crippen LogP contribution is -2.49. The van der Waals surface area contributed by atoms with Crippen molar-refractivity contribution in [1.82, 2.24) is 0 Å². The fraction of sp³-hybridized carbons (Fsp3) is 0.450. The molecule has 0 aromatic carbocycles. The van der Waals surface area contributed by atoms with E-state index in [1.165, 1.54) is 6.42 Å². The van der Waals surface area contributed by atoms with Crippen LogP contribution < -0.4 is 0 Å². The number of aliphatic hydroxyl groups excluding tert-OH is 1. The van der Waals surface area contributed by atoms with Crippen LogP contribution >= 0.6 is 0 Å². The van der Waals surface area contributed by atoms with Gasteiger partial charge in [0.25, 0.3) is 5.79 Å². The first-order valence-electron chi connectivity index (χ1n) is 8.59. The van der Waals surface area contributed by atoms with E-state index < -0.39 is 17.9 Å². The summed E-state index contributed by atoms with van der Waals surface area (Å²) in [6.07, 6.45) is 22.4. The third kappa shape index (κ3) is 12.1. The Morgan fingerprint density at radius 3 is 1.76 bits per heavy atom. The standard InChI is InChI=1S/C20H30O5/c1-2-3-4-5-6-7-8-9-10-11-12-13-14-15-16-17-18(21)20(24,25)19(22)23/h4-7,10-15,18,21,24-25H,2-3,8-9,16-17H2,1H3,(H,22,23)/b5-4?,7-6-,11-10+,13-12+,15-14-. The Hall–Kier alpha value is -1.95. The Morgan fingerprint density at radius 1 is 0.840 bits per heavy atom. The molecule has 0 aliphatic rings. The number of hydrogen-bond acceptors (Lipinski definition) is 4. The van der Waals surface area contributed by atoms with E-state index in [0.717, 1.165) is 19.3 Å². The molecule has 140 valence electrons. The number of carboxylic acids is 1. The lowest BCUT2D eigenvalue weighted by molar-refractivity contribution is -0.236. The Balaban J connectivity index is 3.84. The number of aliphatic carboxylic acids is 1. The monoisotopic (exact) mass is 350 g/mol. The molecule has 0 saturated heterocycles. The van der Waals surface area contributed by atoms with Gasteiger partial charge in [0, 0.05) is 0 Å². The second-order valence-electron chi connectivity index (χ2n) is 5.59. The molecule has 0 aromatic heterocycles. The van der Waals surface area contributed by atoms with Crippen molar-refractivity contribution < 1.29 is 25.2 Å². The Kier molecular flexibility index (Phi) is 13.3. The molecule has 0 heterocycles. The van der Waals surface area contributed by atoms with Crippen LogP contribution in [0.15, 0.2) is 60.8 Å². The van der Waals surface area contributed by atoms with E-state index >= 15 is 0 Å². The number of aliphatic hydroxyl groups is 3. The Labute approximate surface area is 150 Å². The lowest BCUT2D eigenvalue weighted by atomic mass is 10.1. The van der Waals surface area contributed by atoms with Crippen molar-refractivity contribution in [3.63, 3.8) is 0 Å². The zero-order valence-corrected chi connectivity index (χ0v) is 14.8. The molecule has 5 heteroatoms. The molecule has 0 aliphatic heterocycles. The number of allylic oxidation sites excluding steroid dienone is 10. The zero-order chi connectivity index (χ0) is 19.0. The van der Waals surface area contributed by atoms with Gasteiger partial charge in [-0.25, -0.2) is 4.79 Å². The number of carbonyl (C=O) groups is 1. The SMILES string of the molecule is CCCC=C/C=C\CC/C=C/C=C/C=C\CCC(O)C(O)(O)C(=O)O. The molecule has 1 atom stereocenters. The van der Waals surface area contributed by atoms with Crippen LogP contribution in [0.1, 0.15) is 45.4 Å². The largest absolute Gasteiger partial charge is 0.477 e. The second-order valence-corrected chi connectivity index (χ2v) is 5.59. The molecule has 25 heavy (non-hydrogen) atoms. The van der Waals surface area contributed by atoms with Crippen LogP contribution in [0.25, 0.3) is 0 Å². The normalized spacial score (nSPS) is 14.7. The van der Waals surface area contributed by atoms with Crippen LogP contribution in [0.4, 0.5) is 0 Å². The Morgan fingerprint density at radius 2 is 1.28 bits per heavy atom. The van der Waals surface area contributed by atoms with Gasteiger partial charge in [-0.1, -0.05) is 74.1 Å². The first-order chi connectivity index (χ1) is 11.9. The summed E-state index contributed by atoms with van der Waals surface area (Å²) in [5.74, 6) is -4.96. The van der Waals surface area contributed by atoms with Crippen molar-refractivity contribution in [2.75, 3.05) is 0 Å². The molecule has 0 aliphatic carbocycles. The highest BCUT2D eigenvalue weighted by molar-refractivity contribution is 5.75. The van der Waals surface area contributed by atoms with Gasteiger partial charge in [0.1, 0.15) is 6.10 Å². The van der Waals surface area contributed by atoms with Crippen LogP contribution in [-0.2, 0) is 4.79 Å². The molecule has 0 radical (unpaired) electrons. The molecular formula is C20H30O5. The van der Waals surface area contributed by atoms with Gasteiger partial charge in [0.2, 0.25) is 0 Å². The maximum atomic E-state index is 10.5. The number of hydrogen-bond donors (Lipinski definition) is 4. The molecule has 0 spiro atoms. The fourth-order valence-electron chi connectivity index (χ4n) is 1.78. The van der Waals surface area contributed by atoms with E-state index in [1.54, 1.807) is 12.2 Å². The predicted molar refractivity (Wildman–Crippen MR) is 99.9 cm³/mol. The predicted octanol–water partition coefficient (Wildman–Crippen LogP) is 3.25. The molecule has 0 saturated carbocycles. The van der Waals surface area contributed by atoms with Gasteiger partial charge in [0.05, 0.1) is 0 Å². The van der Waals surface area contributed by atoms with Crippen LogP contribution in [0.5, 0.6) is 0 Å². The minimum Gasteiger partial charge on any atom is -0.477 e. The topological polar surface area (TPSA) is 98.0 Å². The highest BCUT2D eigenvalue weighted by atomic mass is 16.6. The summed E-state index contributed by atoms with van der Waals surface area (Å²) < 4.78 is 0. The quantitative estimate of drug-likeness (QED) is 0.232. The first kappa shape index (κ1) is 23.1. The highest BCUT2D eigenvalue weighted by Gasteiger charge is 2.40. The third-order valence-corrected chi connectivity index (χ3v) is 3.33. The van der Waals surface area contributed by atoms with E-state index in [1.807, 2.05) is 18.2 Å². The number of carboxylic acid groups (broad SMARTS) is 1. The summed E-state index contributed by atoms with van der Waals surface area (Å²) in [5.41, 5.74) is 0. The lowest BCUT2D eigenvalue weighted by Gasteiger charge is -2.22. The summed E-state index contributed by atoms with van der Waals surface area (Å²) in [6, 6.07) is 0.